The molecule has 0 N–H and O–H groups in total. The van der Waals surface area contributed by atoms with Crippen LogP contribution in [0, 0.1) is 0 Å². The molecule has 0 saturated carbocycles. The minimum Gasteiger partial charge on any atom is -0.455 e. The molecule has 3 heterocycles. The maximum atomic E-state index is 6.93. The van der Waals surface area contributed by atoms with Gasteiger partial charge in [-0.3, -0.25) is 0 Å². The van der Waals surface area contributed by atoms with Crippen molar-refractivity contribution in [2.24, 2.45) is 0 Å². The number of aromatic nitrogens is 3. The molecule has 0 unspecified atom stereocenters. The van der Waals surface area contributed by atoms with Crippen molar-refractivity contribution in [1.82, 2.24) is 15.0 Å². The first-order chi connectivity index (χ1) is 30.7. The smallest absolute Gasteiger partial charge is 0.167 e. The Hall–Kier alpha value is -8.41. The molecule has 0 saturated heterocycles. The Morgan fingerprint density at radius 2 is 0.823 bits per heavy atom. The van der Waals surface area contributed by atoms with Gasteiger partial charge in [0.2, 0.25) is 0 Å². The summed E-state index contributed by atoms with van der Waals surface area (Å²) in [7, 11) is 0. The fraction of sp³-hybridized carbons (Fsp3) is 0. The highest BCUT2D eigenvalue weighted by Crippen LogP contribution is 2.46. The molecule has 10 aromatic carbocycles. The molecule has 288 valence electrons. The van der Waals surface area contributed by atoms with Crippen LogP contribution in [0.4, 0.5) is 0 Å². The summed E-state index contributed by atoms with van der Waals surface area (Å²) < 4.78 is 13.4. The summed E-state index contributed by atoms with van der Waals surface area (Å²) in [5, 5.41) is 11.2. The number of hydrogen-bond acceptors (Lipinski definition) is 5. The fourth-order valence-corrected chi connectivity index (χ4v) is 9.47. The third-order valence-electron chi connectivity index (χ3n) is 12.3. The maximum Gasteiger partial charge on any atom is 0.167 e. The normalized spacial score (nSPS) is 11.9. The van der Waals surface area contributed by atoms with Gasteiger partial charge in [0.1, 0.15) is 22.3 Å². The van der Waals surface area contributed by atoms with E-state index in [1.54, 1.807) is 0 Å². The van der Waals surface area contributed by atoms with Gasteiger partial charge >= 0.3 is 0 Å². The average molecular weight is 792 g/mol. The molecule has 0 atom stereocenters. The fourth-order valence-electron chi connectivity index (χ4n) is 9.47. The minimum atomic E-state index is 0.545. The SMILES string of the molecule is c1ccc(-c2nc(-c3cc(-c4ccc(-c5cc6ccccc6c6ccccc56)c5oc6ccccc6c45)c4ccccc4c3)nc(-c3cccc4c3oc3ccccc34)n2)cc1. The van der Waals surface area contributed by atoms with Crippen LogP contribution in [0.1, 0.15) is 0 Å². The Balaban J connectivity index is 1.07. The second-order valence-corrected chi connectivity index (χ2v) is 15.9. The van der Waals surface area contributed by atoms with Crippen LogP contribution in [0.2, 0.25) is 0 Å². The van der Waals surface area contributed by atoms with Crippen molar-refractivity contribution < 1.29 is 8.83 Å². The molecule has 0 fully saturated rings. The number of fused-ring (bicyclic) bond motifs is 10. The highest BCUT2D eigenvalue weighted by atomic mass is 16.3. The lowest BCUT2D eigenvalue weighted by Crippen LogP contribution is -2.00. The average Bonchev–Trinajstić information content (AvgIpc) is 3.93. The Morgan fingerprint density at radius 3 is 1.63 bits per heavy atom. The largest absolute Gasteiger partial charge is 0.455 e. The minimum absolute atomic E-state index is 0.545. The highest BCUT2D eigenvalue weighted by Gasteiger charge is 2.23. The summed E-state index contributed by atoms with van der Waals surface area (Å²) in [5.74, 6) is 1.70. The summed E-state index contributed by atoms with van der Waals surface area (Å²) in [6, 6.07) is 69.9. The lowest BCUT2D eigenvalue weighted by molar-refractivity contribution is 0.669. The Bertz CT molecular complexity index is 3940. The molecule has 13 rings (SSSR count). The molecule has 3 aromatic heterocycles. The summed E-state index contributed by atoms with van der Waals surface area (Å²) in [6.45, 7) is 0. The van der Waals surface area contributed by atoms with E-state index in [9.17, 15) is 0 Å². The van der Waals surface area contributed by atoms with Crippen LogP contribution >= 0.6 is 0 Å². The van der Waals surface area contributed by atoms with Crippen LogP contribution < -0.4 is 0 Å². The van der Waals surface area contributed by atoms with Crippen molar-refractivity contribution in [2.75, 3.05) is 0 Å². The number of rotatable bonds is 5. The van der Waals surface area contributed by atoms with Crippen LogP contribution in [0.5, 0.6) is 0 Å². The maximum absolute atomic E-state index is 6.93. The van der Waals surface area contributed by atoms with Gasteiger partial charge in [-0.05, 0) is 91.5 Å². The summed E-state index contributed by atoms with van der Waals surface area (Å²) in [5.41, 5.74) is 10.2. The molecule has 62 heavy (non-hydrogen) atoms. The van der Waals surface area contributed by atoms with E-state index in [1.165, 1.54) is 21.5 Å². The summed E-state index contributed by atoms with van der Waals surface area (Å²) >= 11 is 0. The molecule has 5 heteroatoms. The van der Waals surface area contributed by atoms with Gasteiger partial charge in [0.05, 0.1) is 5.56 Å². The zero-order chi connectivity index (χ0) is 40.7. The van der Waals surface area contributed by atoms with E-state index >= 15 is 0 Å². The van der Waals surface area contributed by atoms with Gasteiger partial charge in [0.15, 0.2) is 17.5 Å². The van der Waals surface area contributed by atoms with Crippen molar-refractivity contribution in [3.63, 3.8) is 0 Å². The van der Waals surface area contributed by atoms with Crippen molar-refractivity contribution in [3.8, 4) is 56.4 Å². The van der Waals surface area contributed by atoms with E-state index < -0.39 is 0 Å². The standard InChI is InChI=1S/C57H33N3O2/c1-2-15-34(16-3-1)55-58-56(60-57(59-55)47-26-14-25-44-42-23-10-12-27-50(42)61-53(44)47)37-31-35-17-4-7-20-39(35)48(33-37)43-29-30-45(54-52(43)46-24-11-13-28-51(46)62-54)49-32-36-18-5-6-19-38(36)40-21-8-9-22-41(40)49/h1-33H. The van der Waals surface area contributed by atoms with Crippen molar-refractivity contribution in [1.29, 1.82) is 0 Å². The van der Waals surface area contributed by atoms with Gasteiger partial charge < -0.3 is 8.83 Å². The van der Waals surface area contributed by atoms with Crippen LogP contribution in [-0.2, 0) is 0 Å². The Labute approximate surface area is 355 Å². The second kappa shape index (κ2) is 13.6. The first kappa shape index (κ1) is 34.5. The van der Waals surface area contributed by atoms with E-state index in [2.05, 4.69) is 133 Å². The molecular weight excluding hydrogens is 759 g/mol. The number of benzene rings is 10. The second-order valence-electron chi connectivity index (χ2n) is 15.9. The molecule has 0 bridgehead atoms. The van der Waals surface area contributed by atoms with Crippen LogP contribution in [0.25, 0.3) is 133 Å². The van der Waals surface area contributed by atoms with Gasteiger partial charge in [0.25, 0.3) is 0 Å². The molecule has 0 radical (unpaired) electrons. The van der Waals surface area contributed by atoms with Crippen molar-refractivity contribution in [3.05, 3.63) is 200 Å². The molecule has 0 aliphatic carbocycles. The number of para-hydroxylation sites is 3. The van der Waals surface area contributed by atoms with Gasteiger partial charge in [-0.2, -0.15) is 0 Å². The van der Waals surface area contributed by atoms with E-state index in [4.69, 9.17) is 23.8 Å². The molecule has 5 nitrogen and oxygen atoms in total. The zero-order valence-corrected chi connectivity index (χ0v) is 33.2. The molecular formula is C57H33N3O2. The first-order valence-corrected chi connectivity index (χ1v) is 20.8. The molecule has 13 aromatic rings. The number of hydrogen-bond donors (Lipinski definition) is 0. The summed E-state index contributed by atoms with van der Waals surface area (Å²) in [4.78, 5) is 15.6. The zero-order valence-electron chi connectivity index (χ0n) is 33.2. The van der Waals surface area contributed by atoms with E-state index in [-0.39, 0.29) is 0 Å². The van der Waals surface area contributed by atoms with Crippen molar-refractivity contribution in [2.45, 2.75) is 0 Å². The van der Waals surface area contributed by atoms with Crippen molar-refractivity contribution >= 4 is 76.2 Å². The molecule has 0 aliphatic rings. The third-order valence-corrected chi connectivity index (χ3v) is 12.3. The highest BCUT2D eigenvalue weighted by molar-refractivity contribution is 6.22. The van der Waals surface area contributed by atoms with Gasteiger partial charge in [-0.1, -0.05) is 158 Å². The van der Waals surface area contributed by atoms with Crippen LogP contribution in [-0.4, -0.2) is 15.0 Å². The molecule has 0 amide bonds. The Morgan fingerprint density at radius 1 is 0.274 bits per heavy atom. The lowest BCUT2D eigenvalue weighted by Gasteiger charge is -2.15. The molecule has 0 aliphatic heterocycles. The number of furan rings is 2. The van der Waals surface area contributed by atoms with Gasteiger partial charge in [0, 0.05) is 38.2 Å². The lowest BCUT2D eigenvalue weighted by atomic mass is 9.88. The van der Waals surface area contributed by atoms with Crippen LogP contribution in [0.15, 0.2) is 209 Å². The predicted octanol–water partition coefficient (Wildman–Crippen LogP) is 15.5. The molecule has 0 spiro atoms. The quantitative estimate of drug-likeness (QED) is 0.162. The monoisotopic (exact) mass is 791 g/mol. The van der Waals surface area contributed by atoms with Gasteiger partial charge in [-0.15, -0.1) is 0 Å². The first-order valence-electron chi connectivity index (χ1n) is 20.8. The summed E-state index contributed by atoms with van der Waals surface area (Å²) in [6.07, 6.45) is 0. The predicted molar refractivity (Wildman–Crippen MR) is 254 cm³/mol. The number of nitrogens with zero attached hydrogens (tertiary/aromatic N) is 3. The van der Waals surface area contributed by atoms with E-state index in [1.807, 2.05) is 66.7 Å². The third kappa shape index (κ3) is 5.32. The van der Waals surface area contributed by atoms with E-state index in [0.717, 1.165) is 93.6 Å². The Kier molecular flexibility index (Phi) is 7.54. The van der Waals surface area contributed by atoms with Crippen LogP contribution in [0.3, 0.4) is 0 Å². The van der Waals surface area contributed by atoms with E-state index in [0.29, 0.717) is 17.5 Å². The van der Waals surface area contributed by atoms with Gasteiger partial charge in [-0.25, -0.2) is 15.0 Å². The topological polar surface area (TPSA) is 65.0 Å².